The molecule has 0 aliphatic heterocycles. The summed E-state index contributed by atoms with van der Waals surface area (Å²) in [5.41, 5.74) is 4.17. The van der Waals surface area contributed by atoms with Gasteiger partial charge in [-0.15, -0.1) is 0 Å². The van der Waals surface area contributed by atoms with Crippen LogP contribution in [-0.2, 0) is 6.42 Å². The highest BCUT2D eigenvalue weighted by Crippen LogP contribution is 2.24. The molecule has 4 N–H and O–H groups in total. The van der Waals surface area contributed by atoms with Gasteiger partial charge in [0.05, 0.1) is 17.5 Å². The Kier molecular flexibility index (Phi) is 6.65. The molecule has 0 unspecified atom stereocenters. The van der Waals surface area contributed by atoms with Gasteiger partial charge in [-0.25, -0.2) is 9.97 Å². The number of aromatic nitrogens is 4. The lowest BCUT2D eigenvalue weighted by molar-refractivity contribution is 0.0944. The van der Waals surface area contributed by atoms with Crippen molar-refractivity contribution >= 4 is 40.1 Å². The number of carbonyl (C=O) groups excluding carboxylic acids is 1. The molecule has 168 valence electrons. The van der Waals surface area contributed by atoms with Crippen molar-refractivity contribution < 1.29 is 4.79 Å². The van der Waals surface area contributed by atoms with Gasteiger partial charge in [0.1, 0.15) is 11.2 Å². The summed E-state index contributed by atoms with van der Waals surface area (Å²) in [4.78, 5) is 28.8. The number of nitrogens with one attached hydrogen (secondary N) is 4. The van der Waals surface area contributed by atoms with Crippen LogP contribution in [0.2, 0.25) is 5.02 Å². The van der Waals surface area contributed by atoms with Gasteiger partial charge in [0, 0.05) is 53.4 Å². The first-order chi connectivity index (χ1) is 15.9. The molecule has 33 heavy (non-hydrogen) atoms. The number of hydrogen-bond donors (Lipinski definition) is 4. The van der Waals surface area contributed by atoms with Crippen molar-refractivity contribution in [2.75, 3.05) is 11.9 Å². The molecule has 0 atom stereocenters. The van der Waals surface area contributed by atoms with Gasteiger partial charge in [0.15, 0.2) is 5.65 Å². The van der Waals surface area contributed by atoms with Crippen molar-refractivity contribution in [3.63, 3.8) is 0 Å². The molecule has 0 radical (unpaired) electrons. The van der Waals surface area contributed by atoms with Crippen LogP contribution < -0.4 is 10.6 Å². The summed E-state index contributed by atoms with van der Waals surface area (Å²) in [6, 6.07) is 11.1. The first-order valence-corrected chi connectivity index (χ1v) is 11.0. The van der Waals surface area contributed by atoms with Crippen molar-refractivity contribution in [1.29, 1.82) is 5.41 Å². The maximum atomic E-state index is 12.5. The van der Waals surface area contributed by atoms with Gasteiger partial charge in [-0.05, 0) is 44.2 Å². The number of pyridine rings is 1. The van der Waals surface area contributed by atoms with Gasteiger partial charge in [-0.1, -0.05) is 17.7 Å². The molecule has 9 heteroatoms. The van der Waals surface area contributed by atoms with E-state index < -0.39 is 0 Å². The van der Waals surface area contributed by atoms with E-state index in [9.17, 15) is 4.79 Å². The van der Waals surface area contributed by atoms with Crippen LogP contribution in [0, 0.1) is 5.41 Å². The Balaban J connectivity index is 1.60. The van der Waals surface area contributed by atoms with Crippen LogP contribution in [0.3, 0.4) is 0 Å². The molecule has 4 aromatic rings. The number of halogens is 1. The molecule has 0 fully saturated rings. The maximum absolute atomic E-state index is 12.5. The van der Waals surface area contributed by atoms with E-state index in [1.807, 2.05) is 32.0 Å². The Bertz CT molecular complexity index is 1300. The second-order valence-corrected chi connectivity index (χ2v) is 8.28. The van der Waals surface area contributed by atoms with E-state index in [2.05, 4.69) is 30.6 Å². The number of rotatable bonds is 8. The first kappa shape index (κ1) is 22.4. The molecule has 3 aromatic heterocycles. The lowest BCUT2D eigenvalue weighted by Gasteiger charge is -2.13. The lowest BCUT2D eigenvalue weighted by Crippen LogP contribution is -2.30. The highest BCUT2D eigenvalue weighted by molar-refractivity contribution is 6.31. The minimum atomic E-state index is -0.238. The van der Waals surface area contributed by atoms with E-state index in [1.54, 1.807) is 30.6 Å². The lowest BCUT2D eigenvalue weighted by atomic mass is 10.0. The van der Waals surface area contributed by atoms with E-state index >= 15 is 0 Å². The fraction of sp³-hybridized carbons (Fsp3) is 0.208. The van der Waals surface area contributed by atoms with Gasteiger partial charge >= 0.3 is 0 Å². The SMILES string of the molecule is CC(C)NC(=O)c1c[nH]c2ncc(C(=N)c3ccc(Cl)cc3NCCc3ccccn3)nc12. The highest BCUT2D eigenvalue weighted by atomic mass is 35.5. The Labute approximate surface area is 196 Å². The highest BCUT2D eigenvalue weighted by Gasteiger charge is 2.18. The molecular weight excluding hydrogens is 438 g/mol. The zero-order chi connectivity index (χ0) is 23.4. The van der Waals surface area contributed by atoms with Gasteiger partial charge in [-0.2, -0.15) is 0 Å². The van der Waals surface area contributed by atoms with E-state index in [1.165, 1.54) is 6.20 Å². The molecule has 0 bridgehead atoms. The van der Waals surface area contributed by atoms with Crippen LogP contribution in [-0.4, -0.2) is 44.1 Å². The minimum Gasteiger partial charge on any atom is -0.384 e. The quantitative estimate of drug-likeness (QED) is 0.293. The number of carbonyl (C=O) groups is 1. The van der Waals surface area contributed by atoms with Gasteiger partial charge in [0.25, 0.3) is 5.91 Å². The van der Waals surface area contributed by atoms with Gasteiger partial charge < -0.3 is 15.6 Å². The van der Waals surface area contributed by atoms with Crippen LogP contribution in [0.1, 0.15) is 41.2 Å². The zero-order valence-corrected chi connectivity index (χ0v) is 19.1. The molecule has 0 saturated carbocycles. The molecule has 1 amide bonds. The number of aromatic amines is 1. The third-order valence-corrected chi connectivity index (χ3v) is 5.21. The second kappa shape index (κ2) is 9.79. The predicted molar refractivity (Wildman–Crippen MR) is 130 cm³/mol. The van der Waals surface area contributed by atoms with Gasteiger partial charge in [0.2, 0.25) is 0 Å². The van der Waals surface area contributed by atoms with Crippen LogP contribution in [0.15, 0.2) is 55.0 Å². The van der Waals surface area contributed by atoms with E-state index in [-0.39, 0.29) is 17.7 Å². The number of hydrogen-bond acceptors (Lipinski definition) is 6. The normalized spacial score (nSPS) is 11.0. The molecule has 0 spiro atoms. The summed E-state index contributed by atoms with van der Waals surface area (Å²) in [6.07, 6.45) is 5.60. The number of amides is 1. The summed E-state index contributed by atoms with van der Waals surface area (Å²) in [7, 11) is 0. The Morgan fingerprint density at radius 3 is 2.79 bits per heavy atom. The number of H-pyrrole nitrogens is 1. The monoisotopic (exact) mass is 461 g/mol. The molecule has 0 aliphatic carbocycles. The number of nitrogens with zero attached hydrogens (tertiary/aromatic N) is 3. The van der Waals surface area contributed by atoms with Gasteiger partial charge in [-0.3, -0.25) is 15.2 Å². The topological polar surface area (TPSA) is 119 Å². The van der Waals surface area contributed by atoms with Crippen LogP contribution in [0.25, 0.3) is 11.2 Å². The minimum absolute atomic E-state index is 0.00863. The molecule has 0 aliphatic rings. The van der Waals surface area contributed by atoms with E-state index in [0.717, 1.165) is 17.8 Å². The standard InChI is InChI=1S/C24H24ClN7O/c1-14(2)31-24(33)18-12-29-23-22(18)32-20(13-30-23)21(26)17-7-6-15(25)11-19(17)28-10-8-16-5-3-4-9-27-16/h3-7,9,11-14,26,28H,8,10H2,1-2H3,(H,29,30)(H,31,33). The molecule has 3 heterocycles. The van der Waals surface area contributed by atoms with Crippen molar-refractivity contribution in [2.45, 2.75) is 26.3 Å². The summed E-state index contributed by atoms with van der Waals surface area (Å²) in [5, 5.41) is 15.6. The third-order valence-electron chi connectivity index (χ3n) is 4.98. The number of benzene rings is 1. The van der Waals surface area contributed by atoms with Crippen molar-refractivity contribution in [3.05, 3.63) is 82.5 Å². The maximum Gasteiger partial charge on any atom is 0.255 e. The number of anilines is 1. The summed E-state index contributed by atoms with van der Waals surface area (Å²) in [6.45, 7) is 4.41. The van der Waals surface area contributed by atoms with Crippen LogP contribution >= 0.6 is 11.6 Å². The smallest absolute Gasteiger partial charge is 0.255 e. The summed E-state index contributed by atoms with van der Waals surface area (Å²) < 4.78 is 0. The van der Waals surface area contributed by atoms with E-state index in [4.69, 9.17) is 17.0 Å². The Morgan fingerprint density at radius 1 is 1.18 bits per heavy atom. The van der Waals surface area contributed by atoms with Crippen molar-refractivity contribution in [1.82, 2.24) is 25.3 Å². The molecule has 4 rings (SSSR count). The molecular formula is C24H24ClN7O. The summed E-state index contributed by atoms with van der Waals surface area (Å²) in [5.74, 6) is -0.238. The van der Waals surface area contributed by atoms with Crippen molar-refractivity contribution in [2.24, 2.45) is 0 Å². The fourth-order valence-electron chi connectivity index (χ4n) is 3.41. The molecule has 8 nitrogen and oxygen atoms in total. The Hall–Kier alpha value is -3.78. The largest absolute Gasteiger partial charge is 0.384 e. The average Bonchev–Trinajstić information content (AvgIpc) is 3.22. The van der Waals surface area contributed by atoms with Crippen molar-refractivity contribution in [3.8, 4) is 0 Å². The fourth-order valence-corrected chi connectivity index (χ4v) is 3.59. The van der Waals surface area contributed by atoms with E-state index in [0.29, 0.717) is 39.6 Å². The molecule has 1 aromatic carbocycles. The predicted octanol–water partition coefficient (Wildman–Crippen LogP) is 4.22. The molecule has 0 saturated heterocycles. The first-order valence-electron chi connectivity index (χ1n) is 10.6. The third kappa shape index (κ3) is 5.18. The second-order valence-electron chi connectivity index (χ2n) is 7.85. The summed E-state index contributed by atoms with van der Waals surface area (Å²) >= 11 is 6.22. The number of fused-ring (bicyclic) bond motifs is 1. The van der Waals surface area contributed by atoms with Crippen LogP contribution in [0.5, 0.6) is 0 Å². The Morgan fingerprint density at radius 2 is 2.03 bits per heavy atom. The van der Waals surface area contributed by atoms with Crippen LogP contribution in [0.4, 0.5) is 5.69 Å². The average molecular weight is 462 g/mol. The zero-order valence-electron chi connectivity index (χ0n) is 18.3.